The monoisotopic (exact) mass is 462 g/mol. The number of aliphatic hydroxyl groups excluding tert-OH is 1. The topological polar surface area (TPSA) is 139 Å². The van der Waals surface area contributed by atoms with Crippen molar-refractivity contribution in [1.82, 2.24) is 20.0 Å². The molecule has 34 heavy (non-hydrogen) atoms. The fourth-order valence-corrected chi connectivity index (χ4v) is 5.18. The Morgan fingerprint density at radius 3 is 2.68 bits per heavy atom. The van der Waals surface area contributed by atoms with Crippen LogP contribution in [0.25, 0.3) is 16.9 Å². The van der Waals surface area contributed by atoms with E-state index >= 15 is 0 Å². The van der Waals surface area contributed by atoms with Crippen molar-refractivity contribution in [2.75, 3.05) is 5.32 Å². The third-order valence-corrected chi connectivity index (χ3v) is 6.89. The number of carbonyl (C=O) groups excluding carboxylic acids is 2. The quantitative estimate of drug-likeness (QED) is 0.459. The maximum absolute atomic E-state index is 13.2. The Morgan fingerprint density at radius 2 is 2.00 bits per heavy atom. The second kappa shape index (κ2) is 8.39. The summed E-state index contributed by atoms with van der Waals surface area (Å²) in [5.41, 5.74) is 10.1. The number of hydrogen-bond donors (Lipinski definition) is 4. The van der Waals surface area contributed by atoms with E-state index in [0.29, 0.717) is 35.3 Å². The molecule has 1 fully saturated rings. The zero-order valence-corrected chi connectivity index (χ0v) is 19.5. The second-order valence-electron chi connectivity index (χ2n) is 10.3. The van der Waals surface area contributed by atoms with Gasteiger partial charge in [0.2, 0.25) is 0 Å². The van der Waals surface area contributed by atoms with Gasteiger partial charge in [-0.2, -0.15) is 10.2 Å². The van der Waals surface area contributed by atoms with E-state index in [2.05, 4.69) is 29.4 Å². The lowest BCUT2D eigenvalue weighted by molar-refractivity contribution is 0.0910. The van der Waals surface area contributed by atoms with Crippen LogP contribution in [0.15, 0.2) is 30.6 Å². The number of nitrogens with zero attached hydrogens (tertiary/aromatic N) is 3. The van der Waals surface area contributed by atoms with Gasteiger partial charge in [-0.1, -0.05) is 13.8 Å². The van der Waals surface area contributed by atoms with E-state index in [0.717, 1.165) is 42.6 Å². The van der Waals surface area contributed by atoms with Gasteiger partial charge in [-0.15, -0.1) is 0 Å². The highest BCUT2D eigenvalue weighted by atomic mass is 16.3. The number of primary amides is 1. The number of Topliss-reactive ketones (excluding diaryl/α,β-unsaturated/α-hetero) is 1. The Labute approximate surface area is 197 Å². The van der Waals surface area contributed by atoms with Gasteiger partial charge < -0.3 is 16.2 Å². The number of rotatable bonds is 5. The van der Waals surface area contributed by atoms with Gasteiger partial charge in [0.15, 0.2) is 5.78 Å². The van der Waals surface area contributed by atoms with Crippen LogP contribution in [0, 0.1) is 5.41 Å². The number of aliphatic hydroxyl groups is 1. The summed E-state index contributed by atoms with van der Waals surface area (Å²) in [6.45, 7) is 4.17. The van der Waals surface area contributed by atoms with Crippen molar-refractivity contribution < 1.29 is 14.7 Å². The minimum absolute atomic E-state index is 0.0709. The van der Waals surface area contributed by atoms with E-state index in [1.165, 1.54) is 0 Å². The second-order valence-corrected chi connectivity index (χ2v) is 10.3. The fraction of sp³-hybridized carbons (Fsp3) is 0.440. The van der Waals surface area contributed by atoms with Gasteiger partial charge in [0.25, 0.3) is 5.91 Å². The van der Waals surface area contributed by atoms with Crippen LogP contribution in [0.1, 0.15) is 72.4 Å². The molecular formula is C25H30N6O3. The summed E-state index contributed by atoms with van der Waals surface area (Å²) in [4.78, 5) is 25.3. The molecule has 178 valence electrons. The molecule has 0 bridgehead atoms. The lowest BCUT2D eigenvalue weighted by atomic mass is 9.75. The molecule has 2 aromatic heterocycles. The normalized spacial score (nSPS) is 21.8. The number of ketones is 1. The first-order valence-electron chi connectivity index (χ1n) is 11.7. The van der Waals surface area contributed by atoms with Gasteiger partial charge in [-0.3, -0.25) is 14.7 Å². The fourth-order valence-electron chi connectivity index (χ4n) is 5.18. The van der Waals surface area contributed by atoms with Crippen molar-refractivity contribution >= 4 is 17.4 Å². The number of carbonyl (C=O) groups is 2. The number of hydrogen-bond acceptors (Lipinski definition) is 6. The first-order valence-corrected chi connectivity index (χ1v) is 11.7. The average Bonchev–Trinajstić information content (AvgIpc) is 3.42. The van der Waals surface area contributed by atoms with Crippen LogP contribution in [-0.4, -0.2) is 48.9 Å². The van der Waals surface area contributed by atoms with Crippen molar-refractivity contribution in [2.24, 2.45) is 11.1 Å². The molecule has 2 aliphatic rings. The summed E-state index contributed by atoms with van der Waals surface area (Å²) in [5, 5.41) is 25.0. The summed E-state index contributed by atoms with van der Waals surface area (Å²) in [5.74, 6) is -0.440. The molecule has 1 amide bonds. The Morgan fingerprint density at radius 1 is 1.24 bits per heavy atom. The van der Waals surface area contributed by atoms with Crippen molar-refractivity contribution in [3.8, 4) is 16.9 Å². The summed E-state index contributed by atoms with van der Waals surface area (Å²) < 4.78 is 1.82. The minimum Gasteiger partial charge on any atom is -0.393 e. The van der Waals surface area contributed by atoms with Crippen LogP contribution in [0.4, 0.5) is 5.69 Å². The molecule has 0 saturated heterocycles. The van der Waals surface area contributed by atoms with E-state index in [9.17, 15) is 14.7 Å². The molecule has 0 unspecified atom stereocenters. The average molecular weight is 463 g/mol. The highest BCUT2D eigenvalue weighted by molar-refractivity contribution is 6.04. The number of amides is 1. The van der Waals surface area contributed by atoms with Crippen LogP contribution in [0.2, 0.25) is 0 Å². The number of nitrogens with one attached hydrogen (secondary N) is 2. The van der Waals surface area contributed by atoms with E-state index in [-0.39, 0.29) is 23.3 Å². The van der Waals surface area contributed by atoms with E-state index in [1.54, 1.807) is 18.5 Å². The van der Waals surface area contributed by atoms with Crippen LogP contribution >= 0.6 is 0 Å². The van der Waals surface area contributed by atoms with Crippen LogP contribution in [-0.2, 0) is 6.42 Å². The molecule has 1 aromatic carbocycles. The molecule has 0 atom stereocenters. The zero-order chi connectivity index (χ0) is 24.0. The van der Waals surface area contributed by atoms with Crippen LogP contribution in [0.3, 0.4) is 0 Å². The van der Waals surface area contributed by atoms with Crippen molar-refractivity contribution in [1.29, 1.82) is 0 Å². The standard InChI is InChI=1S/C25H30N6O3/c1-25(2)10-20-22(21(33)11-25)23(14-12-27-28-13-14)30-31(20)16-5-8-18(24(26)34)19(9-16)29-15-3-6-17(32)7-4-15/h5,8-9,12-13,15,17,29,32H,3-4,6-7,10-11H2,1-2H3,(H2,26,34)(H,27,28). The molecule has 9 nitrogen and oxygen atoms in total. The molecule has 2 heterocycles. The third kappa shape index (κ3) is 4.11. The molecule has 3 aromatic rings. The van der Waals surface area contributed by atoms with E-state index in [1.807, 2.05) is 16.8 Å². The molecule has 0 spiro atoms. The van der Waals surface area contributed by atoms with E-state index in [4.69, 9.17) is 10.8 Å². The predicted octanol–water partition coefficient (Wildman–Crippen LogP) is 3.23. The van der Waals surface area contributed by atoms with Gasteiger partial charge in [0, 0.05) is 29.9 Å². The number of nitrogens with two attached hydrogens (primary N) is 1. The Kier molecular flexibility index (Phi) is 5.51. The summed E-state index contributed by atoms with van der Waals surface area (Å²) in [6.07, 6.45) is 7.36. The zero-order valence-electron chi connectivity index (χ0n) is 19.5. The molecular weight excluding hydrogens is 432 g/mol. The molecule has 0 aliphatic heterocycles. The SMILES string of the molecule is CC1(C)CC(=O)c2c(-c3cn[nH]c3)nn(-c3ccc(C(N)=O)c(NC4CCC(O)CC4)c3)c2C1. The Balaban J connectivity index is 1.60. The highest BCUT2D eigenvalue weighted by Crippen LogP contribution is 2.40. The number of aromatic nitrogens is 4. The van der Waals surface area contributed by atoms with Crippen LogP contribution < -0.4 is 11.1 Å². The maximum Gasteiger partial charge on any atom is 0.250 e. The Bertz CT molecular complexity index is 1240. The lowest BCUT2D eigenvalue weighted by Gasteiger charge is -2.29. The summed E-state index contributed by atoms with van der Waals surface area (Å²) in [6, 6.07) is 5.54. The smallest absolute Gasteiger partial charge is 0.250 e. The predicted molar refractivity (Wildman–Crippen MR) is 128 cm³/mol. The van der Waals surface area contributed by atoms with Gasteiger partial charge in [0.05, 0.1) is 34.8 Å². The van der Waals surface area contributed by atoms with Crippen molar-refractivity contribution in [3.63, 3.8) is 0 Å². The first-order chi connectivity index (χ1) is 16.2. The third-order valence-electron chi connectivity index (χ3n) is 6.89. The number of aromatic amines is 1. The van der Waals surface area contributed by atoms with Gasteiger partial charge in [-0.25, -0.2) is 4.68 Å². The number of H-pyrrole nitrogens is 1. The van der Waals surface area contributed by atoms with Crippen molar-refractivity contribution in [3.05, 3.63) is 47.4 Å². The molecule has 2 aliphatic carbocycles. The molecule has 0 radical (unpaired) electrons. The van der Waals surface area contributed by atoms with Crippen molar-refractivity contribution in [2.45, 2.75) is 64.5 Å². The highest BCUT2D eigenvalue weighted by Gasteiger charge is 2.37. The van der Waals surface area contributed by atoms with Gasteiger partial charge >= 0.3 is 0 Å². The summed E-state index contributed by atoms with van der Waals surface area (Å²) in [7, 11) is 0. The largest absolute Gasteiger partial charge is 0.393 e. The number of fused-ring (bicyclic) bond motifs is 1. The molecule has 5 rings (SSSR count). The number of benzene rings is 1. The van der Waals surface area contributed by atoms with Gasteiger partial charge in [0.1, 0.15) is 5.69 Å². The molecule has 1 saturated carbocycles. The minimum atomic E-state index is -0.511. The summed E-state index contributed by atoms with van der Waals surface area (Å²) >= 11 is 0. The Hall–Kier alpha value is -3.46. The van der Waals surface area contributed by atoms with E-state index < -0.39 is 5.91 Å². The molecule has 9 heteroatoms. The number of anilines is 1. The first kappa shape index (κ1) is 22.3. The molecule has 5 N–H and O–H groups in total. The van der Waals surface area contributed by atoms with Gasteiger partial charge in [-0.05, 0) is 55.7 Å². The lowest BCUT2D eigenvalue weighted by Crippen LogP contribution is -2.29. The van der Waals surface area contributed by atoms with Crippen LogP contribution in [0.5, 0.6) is 0 Å². The maximum atomic E-state index is 13.2.